The summed E-state index contributed by atoms with van der Waals surface area (Å²) in [5.74, 6) is 2.97. The molecule has 0 bridgehead atoms. The molecule has 9 rings (SSSR count). The molecule has 1 amide bonds. The van der Waals surface area contributed by atoms with E-state index in [1.54, 1.807) is 4.68 Å². The van der Waals surface area contributed by atoms with Crippen molar-refractivity contribution >= 4 is 34.6 Å². The Bertz CT molecular complexity index is 2060. The first-order valence-electron chi connectivity index (χ1n) is 21.1. The minimum atomic E-state index is -0.478. The van der Waals surface area contributed by atoms with Crippen LogP contribution in [0.2, 0.25) is 0 Å². The number of Topliss-reactive ketones (excluding diaryl/α,β-unsaturated/α-hetero) is 2. The third-order valence-corrected chi connectivity index (χ3v) is 15.3. The van der Waals surface area contributed by atoms with E-state index in [0.717, 1.165) is 74.9 Å². The van der Waals surface area contributed by atoms with Gasteiger partial charge >= 0.3 is 0 Å². The van der Waals surface area contributed by atoms with Crippen LogP contribution in [0.1, 0.15) is 137 Å². The zero-order valence-electron chi connectivity index (χ0n) is 33.0. The second-order valence-corrected chi connectivity index (χ2v) is 18.2. The standard InChI is InChI=1S/C45H55FN6O4/c1-44-18-16-30(53)21-27(44)10-13-31-33-14-15-37(45(33,2)19-17-34(31)44)56-20-6-4-5-7-38(55)50-29-11-8-26(9-12-29)41-40(43-48-25-49-52(43)3)42-39-32(36(54)24-47-42)22-28(46)23-35(39)51-41/h8-9,11-12,22-23,25,27,31,33-34,37,40-41,51H,4-7,10,13-21,24H2,1-3H3,(H,50,55)/t27-,31-,33-,34-,37?,40+,41+,44-,45-/m0/s1. The number of hydrogen-bond acceptors (Lipinski definition) is 8. The number of rotatable bonds is 10. The molecule has 3 aromatic rings. The number of fused-ring (bicyclic) bond motifs is 5. The lowest BCUT2D eigenvalue weighted by Crippen LogP contribution is -2.54. The smallest absolute Gasteiger partial charge is 0.224 e. The Kier molecular flexibility index (Phi) is 9.73. The predicted molar refractivity (Wildman–Crippen MR) is 212 cm³/mol. The Morgan fingerprint density at radius 1 is 1.00 bits per heavy atom. The first kappa shape index (κ1) is 37.3. The van der Waals surface area contributed by atoms with E-state index in [1.807, 2.05) is 31.3 Å². The molecule has 6 aliphatic rings. The second-order valence-electron chi connectivity index (χ2n) is 18.2. The topological polar surface area (TPSA) is 128 Å². The van der Waals surface area contributed by atoms with Crippen LogP contribution in [0.15, 0.2) is 47.7 Å². The van der Waals surface area contributed by atoms with Gasteiger partial charge in [0.15, 0.2) is 5.78 Å². The number of nitrogens with zero attached hydrogens (tertiary/aromatic N) is 4. The van der Waals surface area contributed by atoms with Crippen molar-refractivity contribution < 1.29 is 23.5 Å². The van der Waals surface area contributed by atoms with E-state index in [1.165, 1.54) is 50.6 Å². The zero-order valence-corrected chi connectivity index (χ0v) is 33.0. The maximum atomic E-state index is 14.7. The number of carbonyl (C=O) groups excluding carboxylic acids is 3. The molecule has 10 nitrogen and oxygen atoms in total. The van der Waals surface area contributed by atoms with Gasteiger partial charge in [0.1, 0.15) is 30.3 Å². The van der Waals surface area contributed by atoms with E-state index in [0.29, 0.717) is 63.7 Å². The van der Waals surface area contributed by atoms with E-state index in [4.69, 9.17) is 4.74 Å². The summed E-state index contributed by atoms with van der Waals surface area (Å²) in [7, 11) is 1.82. The minimum Gasteiger partial charge on any atom is -0.378 e. The summed E-state index contributed by atoms with van der Waals surface area (Å²) in [5, 5.41) is 10.8. The van der Waals surface area contributed by atoms with Crippen LogP contribution in [0.3, 0.4) is 0 Å². The molecule has 9 atom stereocenters. The van der Waals surface area contributed by atoms with Crippen LogP contribution in [-0.2, 0) is 21.4 Å². The minimum absolute atomic E-state index is 0.0155. The molecule has 2 aliphatic heterocycles. The zero-order chi connectivity index (χ0) is 38.8. The normalized spacial score (nSPS) is 33.1. The lowest BCUT2D eigenvalue weighted by molar-refractivity contribution is -0.145. The lowest BCUT2D eigenvalue weighted by atomic mass is 9.45. The fourth-order valence-electron chi connectivity index (χ4n) is 12.4. The van der Waals surface area contributed by atoms with Crippen molar-refractivity contribution in [2.75, 3.05) is 23.8 Å². The second kappa shape index (κ2) is 14.6. The van der Waals surface area contributed by atoms with E-state index >= 15 is 0 Å². The molecule has 4 fully saturated rings. The van der Waals surface area contributed by atoms with E-state index in [2.05, 4.69) is 39.6 Å². The summed E-state index contributed by atoms with van der Waals surface area (Å²) < 4.78 is 23.0. The highest BCUT2D eigenvalue weighted by Crippen LogP contribution is 2.66. The van der Waals surface area contributed by atoms with Crippen LogP contribution in [0.25, 0.3) is 0 Å². The number of hydrogen-bond donors (Lipinski definition) is 2. The Morgan fingerprint density at radius 3 is 2.62 bits per heavy atom. The number of carbonyl (C=O) groups is 3. The molecule has 4 saturated carbocycles. The molecule has 56 heavy (non-hydrogen) atoms. The van der Waals surface area contributed by atoms with Crippen molar-refractivity contribution in [3.8, 4) is 0 Å². The Morgan fingerprint density at radius 2 is 1.82 bits per heavy atom. The molecule has 4 aliphatic carbocycles. The average Bonchev–Trinajstić information content (AvgIpc) is 3.76. The van der Waals surface area contributed by atoms with Gasteiger partial charge in [-0.1, -0.05) is 32.4 Å². The molecule has 296 valence electrons. The van der Waals surface area contributed by atoms with Crippen LogP contribution in [0, 0.1) is 40.3 Å². The third-order valence-electron chi connectivity index (χ3n) is 15.3. The van der Waals surface area contributed by atoms with E-state index < -0.39 is 5.82 Å². The van der Waals surface area contributed by atoms with Crippen LogP contribution in [0.5, 0.6) is 0 Å². The van der Waals surface area contributed by atoms with E-state index in [9.17, 15) is 18.8 Å². The van der Waals surface area contributed by atoms with Gasteiger partial charge in [-0.15, -0.1) is 0 Å². The summed E-state index contributed by atoms with van der Waals surface area (Å²) in [6.07, 6.45) is 15.1. The summed E-state index contributed by atoms with van der Waals surface area (Å²) >= 11 is 0. The lowest BCUT2D eigenvalue weighted by Gasteiger charge is -2.60. The maximum absolute atomic E-state index is 14.7. The predicted octanol–water partition coefficient (Wildman–Crippen LogP) is 8.39. The largest absolute Gasteiger partial charge is 0.378 e. The fourth-order valence-corrected chi connectivity index (χ4v) is 12.4. The fraction of sp³-hybridized carbons (Fsp3) is 0.600. The first-order chi connectivity index (χ1) is 27.0. The number of anilines is 2. The molecule has 2 aromatic carbocycles. The molecular weight excluding hydrogens is 708 g/mol. The monoisotopic (exact) mass is 762 g/mol. The van der Waals surface area contributed by atoms with E-state index in [-0.39, 0.29) is 35.6 Å². The van der Waals surface area contributed by atoms with Gasteiger partial charge in [0, 0.05) is 55.4 Å². The number of benzene rings is 2. The number of ether oxygens (including phenoxy) is 1. The van der Waals surface area contributed by atoms with Gasteiger partial charge in [0.05, 0.1) is 23.8 Å². The maximum Gasteiger partial charge on any atom is 0.224 e. The number of ketones is 2. The SMILES string of the molecule is Cn1ncnc1[C@H]1C2=NCC(=O)c3cc(F)cc(c32)N[C@@H]1c1ccc(NC(=O)CCCCCOC2CC[C@H]3[C@@H]4CC[C@H]5CC(=O)CC[C@]5(C)[C@H]4CC[C@]23C)cc1. The molecule has 0 spiro atoms. The molecule has 3 heterocycles. The Hall–Kier alpha value is -4.25. The summed E-state index contributed by atoms with van der Waals surface area (Å²) in [6, 6.07) is 10.0. The van der Waals surface area contributed by atoms with Crippen molar-refractivity contribution in [3.63, 3.8) is 0 Å². The summed E-state index contributed by atoms with van der Waals surface area (Å²) in [5.41, 5.74) is 4.39. The average molecular weight is 763 g/mol. The number of aromatic nitrogens is 3. The molecule has 1 aromatic heterocycles. The number of nitrogens with one attached hydrogen (secondary N) is 2. The molecule has 0 saturated heterocycles. The molecule has 1 unspecified atom stereocenters. The van der Waals surface area contributed by atoms with Gasteiger partial charge in [-0.05, 0) is 122 Å². The van der Waals surface area contributed by atoms with Crippen molar-refractivity contribution in [1.29, 1.82) is 0 Å². The van der Waals surface area contributed by atoms with Gasteiger partial charge in [0.25, 0.3) is 0 Å². The van der Waals surface area contributed by atoms with Gasteiger partial charge < -0.3 is 15.4 Å². The highest BCUT2D eigenvalue weighted by Gasteiger charge is 2.60. The third kappa shape index (κ3) is 6.42. The van der Waals surface area contributed by atoms with Crippen LogP contribution in [0.4, 0.5) is 15.8 Å². The number of halogens is 1. The van der Waals surface area contributed by atoms with Crippen LogP contribution in [-0.4, -0.2) is 57.2 Å². The number of unbranched alkanes of at least 4 members (excludes halogenated alkanes) is 2. The van der Waals surface area contributed by atoms with Crippen LogP contribution < -0.4 is 10.6 Å². The van der Waals surface area contributed by atoms with Gasteiger partial charge in [-0.2, -0.15) is 5.10 Å². The first-order valence-corrected chi connectivity index (χ1v) is 21.1. The highest BCUT2D eigenvalue weighted by atomic mass is 19.1. The van der Waals surface area contributed by atoms with Crippen molar-refractivity contribution in [2.45, 2.75) is 115 Å². The van der Waals surface area contributed by atoms with Gasteiger partial charge in [0.2, 0.25) is 5.91 Å². The van der Waals surface area contributed by atoms with Crippen molar-refractivity contribution in [3.05, 3.63) is 71.1 Å². The Balaban J connectivity index is 0.763. The van der Waals surface area contributed by atoms with Crippen molar-refractivity contribution in [1.82, 2.24) is 14.8 Å². The molecule has 0 radical (unpaired) electrons. The van der Waals surface area contributed by atoms with Crippen LogP contribution >= 0.6 is 0 Å². The molecule has 11 heteroatoms. The number of aliphatic imine (C=N–C) groups is 1. The molecule has 2 N–H and O–H groups in total. The summed E-state index contributed by atoms with van der Waals surface area (Å²) in [6.45, 7) is 5.73. The van der Waals surface area contributed by atoms with Crippen molar-refractivity contribution in [2.24, 2.45) is 46.5 Å². The number of aryl methyl sites for hydroxylation is 1. The quantitative estimate of drug-likeness (QED) is 0.199. The Labute approximate surface area is 328 Å². The highest BCUT2D eigenvalue weighted by molar-refractivity contribution is 6.21. The molecular formula is C45H55FN6O4. The van der Waals surface area contributed by atoms with Gasteiger partial charge in [-0.3, -0.25) is 24.1 Å². The number of amides is 1. The van der Waals surface area contributed by atoms with Gasteiger partial charge in [-0.25, -0.2) is 9.37 Å². The summed E-state index contributed by atoms with van der Waals surface area (Å²) in [4.78, 5) is 47.2.